The van der Waals surface area contributed by atoms with Crippen molar-refractivity contribution < 1.29 is 16.8 Å². The summed E-state index contributed by atoms with van der Waals surface area (Å²) in [6, 6.07) is 30.1. The van der Waals surface area contributed by atoms with E-state index in [2.05, 4.69) is 48.4 Å². The maximum Gasteiger partial charge on any atom is 0.270 e. The van der Waals surface area contributed by atoms with Crippen molar-refractivity contribution >= 4 is 54.1 Å². The molecule has 16 heteroatoms. The maximum atomic E-state index is 11.7. The van der Waals surface area contributed by atoms with Gasteiger partial charge in [-0.05, 0) is 83.7 Å². The van der Waals surface area contributed by atoms with E-state index >= 15 is 0 Å². The molecule has 63 heavy (non-hydrogen) atoms. The van der Waals surface area contributed by atoms with Gasteiger partial charge >= 0.3 is 0 Å². The lowest BCUT2D eigenvalue weighted by Gasteiger charge is -2.38. The van der Waals surface area contributed by atoms with Gasteiger partial charge in [-0.25, -0.2) is 32.8 Å². The van der Waals surface area contributed by atoms with Gasteiger partial charge in [-0.1, -0.05) is 66.8 Å². The Kier molecular flexibility index (Phi) is 15.2. The molecule has 1 aliphatic carbocycles. The highest BCUT2D eigenvalue weighted by atomic mass is 32.2. The fraction of sp³-hybridized carbons (Fsp3) is 0.170. The summed E-state index contributed by atoms with van der Waals surface area (Å²) in [6.45, 7) is 10.5. The summed E-state index contributed by atoms with van der Waals surface area (Å²) in [5, 5.41) is 50.1. The van der Waals surface area contributed by atoms with Crippen LogP contribution < -0.4 is 14.3 Å². The van der Waals surface area contributed by atoms with Gasteiger partial charge in [0.25, 0.3) is 5.70 Å². The first kappa shape index (κ1) is 45.9. The molecule has 3 aromatic carbocycles. The molecule has 0 aromatic heterocycles. The van der Waals surface area contributed by atoms with Crippen LogP contribution in [0.1, 0.15) is 24.0 Å². The summed E-state index contributed by atoms with van der Waals surface area (Å²) in [7, 11) is -7.11. The largest absolute Gasteiger partial charge is 0.762 e. The molecule has 14 nitrogen and oxygen atoms in total. The van der Waals surface area contributed by atoms with Crippen molar-refractivity contribution in [1.29, 1.82) is 21.0 Å². The van der Waals surface area contributed by atoms with E-state index in [1.807, 2.05) is 48.4 Å². The van der Waals surface area contributed by atoms with E-state index < -0.39 is 20.0 Å². The van der Waals surface area contributed by atoms with Gasteiger partial charge in [-0.2, -0.15) is 15.8 Å². The van der Waals surface area contributed by atoms with Crippen molar-refractivity contribution in [2.24, 2.45) is 0 Å². The molecule has 0 atom stereocenters. The highest BCUT2D eigenvalue weighted by Crippen LogP contribution is 2.37. The van der Waals surface area contributed by atoms with E-state index in [1.165, 1.54) is 60.7 Å². The predicted molar refractivity (Wildman–Crippen MR) is 246 cm³/mol. The number of nitriles is 4. The van der Waals surface area contributed by atoms with Crippen LogP contribution in [-0.2, 0) is 20.0 Å². The van der Waals surface area contributed by atoms with Gasteiger partial charge in [0.1, 0.15) is 6.07 Å². The average molecular weight is 872 g/mol. The lowest BCUT2D eigenvalue weighted by atomic mass is 9.94. The standard InChI is InChI=1S/C47H39N10O4S2/c1-53-44(33-52)46(35-19-23-42(24-20-35)55-63(3,60)61)39(30-49)12-8-10-37-16-15-36(47(37)57-27-25-56(26-28-57)43-13-5-4-6-14-43)9-7-11-38(29-48)45(40(31-50)32-51)34-17-21-41(22-18-34)54-62(2,58)59/h4-14,17-24,54-55H,15-16,25-28H2,2-3H3/q-1/b10-8+,11-7+,36-9+,39-12+,45-38-,46-44+. The topological polar surface area (TPSA) is 221 Å². The minimum absolute atomic E-state index is 0.0457. The van der Waals surface area contributed by atoms with Crippen molar-refractivity contribution in [3.8, 4) is 24.3 Å². The zero-order valence-electron chi connectivity index (χ0n) is 34.2. The number of allylic oxidation sites excluding steroid dienone is 14. The van der Waals surface area contributed by atoms with Crippen molar-refractivity contribution in [3.05, 3.63) is 183 Å². The minimum Gasteiger partial charge on any atom is -0.762 e. The Balaban J connectivity index is 1.55. The average Bonchev–Trinajstić information content (AvgIpc) is 3.67. The number of hydrogen-bond donors (Lipinski definition) is 2. The number of nitrogens with zero attached hydrogens (tertiary/aromatic N) is 8. The van der Waals surface area contributed by atoms with E-state index in [9.17, 15) is 43.3 Å². The van der Waals surface area contributed by atoms with Crippen LogP contribution in [0.25, 0.3) is 21.4 Å². The maximum absolute atomic E-state index is 11.7. The van der Waals surface area contributed by atoms with Crippen molar-refractivity contribution in [3.63, 3.8) is 0 Å². The molecule has 0 radical (unpaired) electrons. The van der Waals surface area contributed by atoms with Gasteiger partial charge < -0.3 is 15.2 Å². The number of benzene rings is 3. The molecule has 1 heterocycles. The molecule has 0 amide bonds. The summed E-state index contributed by atoms with van der Waals surface area (Å²) >= 11 is 0. The number of hydrogen-bond acceptors (Lipinski definition) is 10. The molecular formula is C47H39N10O4S2-. The number of para-hydroxylation sites is 1. The number of piperazine rings is 1. The number of sulfonamides is 2. The fourth-order valence-corrected chi connectivity index (χ4v) is 8.24. The summed E-state index contributed by atoms with van der Waals surface area (Å²) in [4.78, 5) is 7.97. The van der Waals surface area contributed by atoms with E-state index in [0.29, 0.717) is 37.1 Å². The molecule has 3 aromatic rings. The van der Waals surface area contributed by atoms with Gasteiger partial charge in [-0.15, -0.1) is 0 Å². The first-order valence-corrected chi connectivity index (χ1v) is 23.0. The molecule has 1 saturated heterocycles. The van der Waals surface area contributed by atoms with E-state index in [1.54, 1.807) is 12.2 Å². The van der Waals surface area contributed by atoms with Crippen molar-refractivity contribution in [1.82, 2.24) is 4.90 Å². The monoisotopic (exact) mass is 871 g/mol. The van der Waals surface area contributed by atoms with Crippen LogP contribution in [0.4, 0.5) is 17.1 Å². The normalized spacial score (nSPS) is 16.0. The fourth-order valence-electron chi connectivity index (χ4n) is 7.11. The Hall–Kier alpha value is -8.16. The molecule has 0 bridgehead atoms. The molecule has 1 aliphatic heterocycles. The highest BCUT2D eigenvalue weighted by Gasteiger charge is 2.27. The lowest BCUT2D eigenvalue weighted by molar-refractivity contribution is 0.326. The second-order valence-corrected chi connectivity index (χ2v) is 17.6. The van der Waals surface area contributed by atoms with Gasteiger partial charge in [0.05, 0.1) is 54.0 Å². The molecule has 5 rings (SSSR count). The van der Waals surface area contributed by atoms with Crippen LogP contribution in [0.5, 0.6) is 0 Å². The van der Waals surface area contributed by atoms with Gasteiger partial charge in [-0.3, -0.25) is 9.44 Å². The van der Waals surface area contributed by atoms with Crippen LogP contribution >= 0.6 is 0 Å². The predicted octanol–water partition coefficient (Wildman–Crippen LogP) is 7.61. The SMILES string of the molecule is [C-]#[N+]/C(C#N)=C(/C(C#N)=C/C=C/C1=C(N2CCN(c3ccccc3)CC2)C(=C/C=C/C(C#N)=C(/C(=C=[N-])C#N)c2ccc(NS(C)(=O)=O)cc2)/CC1)c1ccc(NS(C)(=O)=O)cc1. The number of anilines is 3. The highest BCUT2D eigenvalue weighted by molar-refractivity contribution is 7.92. The van der Waals surface area contributed by atoms with E-state index in [0.717, 1.165) is 48.1 Å². The third-order valence-electron chi connectivity index (χ3n) is 9.77. The third kappa shape index (κ3) is 12.2. The summed E-state index contributed by atoms with van der Waals surface area (Å²) in [6.07, 6.45) is 13.5. The van der Waals surface area contributed by atoms with E-state index in [4.69, 9.17) is 6.57 Å². The second-order valence-electron chi connectivity index (χ2n) is 14.1. The second kappa shape index (κ2) is 20.9. The van der Waals surface area contributed by atoms with Crippen LogP contribution in [0, 0.1) is 51.9 Å². The van der Waals surface area contributed by atoms with Crippen molar-refractivity contribution in [2.45, 2.75) is 12.8 Å². The van der Waals surface area contributed by atoms with Crippen molar-refractivity contribution in [2.75, 3.05) is 53.0 Å². The Labute approximate surface area is 368 Å². The molecular weight excluding hydrogens is 833 g/mol. The van der Waals surface area contributed by atoms with Gasteiger partial charge in [0.2, 0.25) is 20.0 Å². The molecule has 0 saturated carbocycles. The number of nitrogens with one attached hydrogen (secondary N) is 2. The van der Waals surface area contributed by atoms with E-state index in [-0.39, 0.29) is 44.9 Å². The molecule has 1 fully saturated rings. The first-order valence-electron chi connectivity index (χ1n) is 19.2. The van der Waals surface area contributed by atoms with Crippen LogP contribution in [-0.4, -0.2) is 66.3 Å². The molecule has 0 unspecified atom stereocenters. The van der Waals surface area contributed by atoms with Gasteiger partial charge in [0, 0.05) is 60.1 Å². The zero-order valence-corrected chi connectivity index (χ0v) is 35.9. The smallest absolute Gasteiger partial charge is 0.270 e. The molecule has 2 N–H and O–H groups in total. The Bertz CT molecular complexity index is 2970. The third-order valence-corrected chi connectivity index (χ3v) is 11.0. The number of rotatable bonds is 14. The molecule has 314 valence electrons. The summed E-state index contributed by atoms with van der Waals surface area (Å²) in [5.74, 6) is 1.87. The zero-order chi connectivity index (χ0) is 45.6. The Morgan fingerprint density at radius 1 is 0.730 bits per heavy atom. The van der Waals surface area contributed by atoms with Crippen LogP contribution in [0.2, 0.25) is 0 Å². The molecule has 0 spiro atoms. The minimum atomic E-state index is -3.55. The Morgan fingerprint density at radius 2 is 1.30 bits per heavy atom. The summed E-state index contributed by atoms with van der Waals surface area (Å²) < 4.78 is 51.7. The first-order chi connectivity index (χ1) is 30.2. The quantitative estimate of drug-likeness (QED) is 0.0699. The van der Waals surface area contributed by atoms with Crippen LogP contribution in [0.15, 0.2) is 155 Å². The van der Waals surface area contributed by atoms with Gasteiger partial charge in [0.15, 0.2) is 0 Å². The van der Waals surface area contributed by atoms with Crippen LogP contribution in [0.3, 0.4) is 0 Å². The Morgan fingerprint density at radius 3 is 1.79 bits per heavy atom. The lowest BCUT2D eigenvalue weighted by Crippen LogP contribution is -2.46. The molecule has 2 aliphatic rings. The summed E-state index contributed by atoms with van der Waals surface area (Å²) in [5.41, 5.74) is 5.00.